The summed E-state index contributed by atoms with van der Waals surface area (Å²) in [6.45, 7) is 2.13. The van der Waals surface area contributed by atoms with E-state index in [1.165, 1.54) is 35.5 Å². The fourth-order valence-corrected chi connectivity index (χ4v) is 5.51. The van der Waals surface area contributed by atoms with Crippen LogP contribution in [0.2, 0.25) is 0 Å². The summed E-state index contributed by atoms with van der Waals surface area (Å²) < 4.78 is 5.52. The number of ether oxygens (including phenoxy) is 1. The number of aromatic nitrogens is 2. The molecule has 37 heavy (non-hydrogen) atoms. The van der Waals surface area contributed by atoms with Gasteiger partial charge in [0, 0.05) is 36.5 Å². The second-order valence-electron chi connectivity index (χ2n) is 8.13. The summed E-state index contributed by atoms with van der Waals surface area (Å²) in [5, 5.41) is 15.9. The predicted octanol–water partition coefficient (Wildman–Crippen LogP) is -0.364. The van der Waals surface area contributed by atoms with Crippen LogP contribution in [0, 0.1) is 0 Å². The topological polar surface area (TPSA) is 185 Å². The molecule has 1 aromatic heterocycles. The van der Waals surface area contributed by atoms with Gasteiger partial charge in [0.2, 0.25) is 12.2 Å². The number of carboxylic acid groups (broad SMARTS) is 1. The van der Waals surface area contributed by atoms with E-state index in [2.05, 4.69) is 25.4 Å². The van der Waals surface area contributed by atoms with Gasteiger partial charge in [-0.15, -0.1) is 11.8 Å². The van der Waals surface area contributed by atoms with E-state index in [4.69, 9.17) is 15.3 Å². The molecule has 4 aliphatic rings. The number of fused-ring (bicyclic) bond motifs is 2. The van der Waals surface area contributed by atoms with Crippen molar-refractivity contribution in [3.8, 4) is 0 Å². The van der Waals surface area contributed by atoms with Crippen LogP contribution >= 0.6 is 11.8 Å². The summed E-state index contributed by atoms with van der Waals surface area (Å²) in [5.41, 5.74) is 6.78. The van der Waals surface area contributed by atoms with Crippen LogP contribution in [0.4, 0.5) is 5.95 Å². The molecule has 2 amide bonds. The Bertz CT molecular complexity index is 1290. The molecule has 0 spiro atoms. The van der Waals surface area contributed by atoms with Gasteiger partial charge in [-0.1, -0.05) is 5.16 Å². The molecule has 5 heterocycles. The van der Waals surface area contributed by atoms with E-state index in [1.807, 2.05) is 11.0 Å². The Kier molecular flexibility index (Phi) is 6.52. The largest absolute Gasteiger partial charge is 0.477 e. The average molecular weight is 527 g/mol. The maximum Gasteiger partial charge on any atom is 0.352 e. The number of thioether (sulfide) groups is 1. The minimum atomic E-state index is -1.23. The second-order valence-corrected chi connectivity index (χ2v) is 9.24. The van der Waals surface area contributed by atoms with Crippen molar-refractivity contribution in [2.45, 2.75) is 24.6 Å². The normalized spacial score (nSPS) is 24.1. The number of hydrogen-bond donors (Lipinski definition) is 3. The van der Waals surface area contributed by atoms with Crippen LogP contribution in [0.3, 0.4) is 0 Å². The van der Waals surface area contributed by atoms with Crippen LogP contribution in [-0.2, 0) is 24.0 Å². The number of nitrogens with one attached hydrogen (secondary N) is 1. The molecule has 15 heteroatoms. The number of carbonyl (C=O) groups is 3. The van der Waals surface area contributed by atoms with Gasteiger partial charge in [-0.3, -0.25) is 14.5 Å². The number of hydrogen-bond acceptors (Lipinski definition) is 12. The van der Waals surface area contributed by atoms with Gasteiger partial charge >= 0.3 is 5.97 Å². The van der Waals surface area contributed by atoms with E-state index < -0.39 is 35.4 Å². The molecule has 14 nitrogen and oxygen atoms in total. The van der Waals surface area contributed by atoms with Crippen molar-refractivity contribution in [2.75, 3.05) is 24.6 Å². The fraction of sp³-hybridized carbons (Fsp3) is 0.318. The highest BCUT2D eigenvalue weighted by Gasteiger charge is 2.54. The second kappa shape index (κ2) is 9.93. The molecule has 2 unspecified atom stereocenters. The number of nitrogens with two attached hydrogens (primary N) is 1. The van der Waals surface area contributed by atoms with E-state index >= 15 is 0 Å². The average Bonchev–Trinajstić information content (AvgIpc) is 3.38. The van der Waals surface area contributed by atoms with Crippen molar-refractivity contribution >= 4 is 47.6 Å². The molecule has 1 aromatic rings. The molecule has 5 rings (SSSR count). The summed E-state index contributed by atoms with van der Waals surface area (Å²) in [6.07, 6.45) is 8.93. The number of carboxylic acids is 1. The highest BCUT2D eigenvalue weighted by atomic mass is 32.2. The molecule has 0 aromatic carbocycles. The Labute approximate surface area is 214 Å². The highest BCUT2D eigenvalue weighted by molar-refractivity contribution is 8.00. The van der Waals surface area contributed by atoms with Gasteiger partial charge in [-0.25, -0.2) is 19.8 Å². The fourth-order valence-electron chi connectivity index (χ4n) is 4.17. The third-order valence-electron chi connectivity index (χ3n) is 5.85. The van der Waals surface area contributed by atoms with Crippen LogP contribution in [0.5, 0.6) is 0 Å². The standard InChI is InChI=1S/C22H22N8O6S/c1-2-36-28-14(11-6-24-22(23)25-7-11)17(31)27-15-18(32)30-16(21(33)34)12(9-37-20(15)30)8-29-5-3-4-13-19(29)35-10-26-13/h3-7,10,15,19-20H,2,8-9H2,1H3,(H,27,31)(H,33,34)(H2,23,24,25)/b28-14+/t15?,19?,20-/m1/s1. The molecule has 192 valence electrons. The summed E-state index contributed by atoms with van der Waals surface area (Å²) >= 11 is 1.36. The molecular weight excluding hydrogens is 504 g/mol. The van der Waals surface area contributed by atoms with Crippen molar-refractivity contribution < 1.29 is 29.1 Å². The summed E-state index contributed by atoms with van der Waals surface area (Å²) in [5.74, 6) is -2.10. The van der Waals surface area contributed by atoms with E-state index in [0.29, 0.717) is 17.0 Å². The molecule has 0 bridgehead atoms. The van der Waals surface area contributed by atoms with Crippen molar-refractivity contribution in [1.29, 1.82) is 0 Å². The van der Waals surface area contributed by atoms with Crippen molar-refractivity contribution in [3.05, 3.63) is 53.3 Å². The molecular formula is C22H22N8O6S. The van der Waals surface area contributed by atoms with Crippen LogP contribution in [0.1, 0.15) is 12.5 Å². The van der Waals surface area contributed by atoms with E-state index in [0.717, 1.165) is 0 Å². The monoisotopic (exact) mass is 526 g/mol. The maximum atomic E-state index is 13.1. The Morgan fingerprint density at radius 1 is 1.38 bits per heavy atom. The molecule has 0 radical (unpaired) electrons. The number of nitrogen functional groups attached to an aromatic ring is 1. The molecule has 0 aliphatic carbocycles. The van der Waals surface area contributed by atoms with Gasteiger partial charge in [0.1, 0.15) is 29.4 Å². The van der Waals surface area contributed by atoms with Gasteiger partial charge in [-0.2, -0.15) is 0 Å². The SMILES string of the molecule is CCO/N=C(/C(=O)NC1C(=O)N2C(C(=O)O)=C(CN3C=CC=C4N=COC43)CS[C@H]12)c1cnc(N)nc1. The van der Waals surface area contributed by atoms with Crippen molar-refractivity contribution in [3.63, 3.8) is 0 Å². The minimum absolute atomic E-state index is 0.0198. The van der Waals surface area contributed by atoms with Gasteiger partial charge in [0.25, 0.3) is 11.8 Å². The zero-order valence-corrected chi connectivity index (χ0v) is 20.3. The van der Waals surface area contributed by atoms with Crippen molar-refractivity contribution in [2.24, 2.45) is 10.1 Å². The third kappa shape index (κ3) is 4.48. The Hall–Kier alpha value is -4.40. The number of oxime groups is 1. The lowest BCUT2D eigenvalue weighted by Gasteiger charge is -2.49. The Morgan fingerprint density at radius 2 is 2.16 bits per heavy atom. The molecule has 4 N–H and O–H groups in total. The molecule has 0 saturated carbocycles. The van der Waals surface area contributed by atoms with Gasteiger partial charge in [-0.05, 0) is 24.6 Å². The summed E-state index contributed by atoms with van der Waals surface area (Å²) in [7, 11) is 0. The smallest absolute Gasteiger partial charge is 0.352 e. The van der Waals surface area contributed by atoms with E-state index in [1.54, 1.807) is 19.2 Å². The van der Waals surface area contributed by atoms with Gasteiger partial charge < -0.3 is 30.6 Å². The lowest BCUT2D eigenvalue weighted by Crippen LogP contribution is -2.71. The van der Waals surface area contributed by atoms with E-state index in [9.17, 15) is 19.5 Å². The number of aliphatic carboxylic acids is 1. The quantitative estimate of drug-likeness (QED) is 0.228. The minimum Gasteiger partial charge on any atom is -0.477 e. The number of β-lactam (4-membered cyclic amide) rings is 1. The lowest BCUT2D eigenvalue weighted by atomic mass is 10.0. The number of carbonyl (C=O) groups excluding carboxylic acids is 2. The predicted molar refractivity (Wildman–Crippen MR) is 132 cm³/mol. The maximum absolute atomic E-state index is 13.1. The van der Waals surface area contributed by atoms with Gasteiger partial charge in [0.15, 0.2) is 12.1 Å². The van der Waals surface area contributed by atoms with Gasteiger partial charge in [0.05, 0.1) is 0 Å². The number of allylic oxidation sites excluding steroid dienone is 2. The van der Waals surface area contributed by atoms with E-state index in [-0.39, 0.29) is 36.1 Å². The molecule has 4 aliphatic heterocycles. The summed E-state index contributed by atoms with van der Waals surface area (Å²) in [4.78, 5) is 58.3. The van der Waals surface area contributed by atoms with Crippen LogP contribution in [0.15, 0.2) is 57.9 Å². The molecule has 3 atom stereocenters. The highest BCUT2D eigenvalue weighted by Crippen LogP contribution is 2.41. The number of nitrogens with zero attached hydrogens (tertiary/aromatic N) is 6. The first kappa shape index (κ1) is 24.3. The zero-order chi connectivity index (χ0) is 26.1. The van der Waals surface area contributed by atoms with Crippen LogP contribution in [0.25, 0.3) is 0 Å². The van der Waals surface area contributed by atoms with Crippen molar-refractivity contribution in [1.82, 2.24) is 25.1 Å². The number of amides is 2. The number of aliphatic imine (C=N–C) groups is 1. The number of rotatable bonds is 8. The zero-order valence-electron chi connectivity index (χ0n) is 19.5. The Morgan fingerprint density at radius 3 is 2.89 bits per heavy atom. The molecule has 1 fully saturated rings. The van der Waals surface area contributed by atoms with Crippen LogP contribution < -0.4 is 11.1 Å². The van der Waals surface area contributed by atoms with Crippen LogP contribution in [-0.4, -0.2) is 91.3 Å². The number of anilines is 1. The first-order valence-electron chi connectivity index (χ1n) is 11.2. The first-order valence-corrected chi connectivity index (χ1v) is 12.2. The lowest BCUT2D eigenvalue weighted by molar-refractivity contribution is -0.150. The Balaban J connectivity index is 1.33. The molecule has 1 saturated heterocycles. The summed E-state index contributed by atoms with van der Waals surface area (Å²) in [6, 6.07) is -0.953. The first-order chi connectivity index (χ1) is 17.9. The third-order valence-corrected chi connectivity index (χ3v) is 7.19.